The molecule has 50 heavy (non-hydrogen) atoms. The molecule has 0 aliphatic carbocycles. The number of aromatic nitrogens is 4. The topological polar surface area (TPSA) is 54.0 Å². The van der Waals surface area contributed by atoms with Gasteiger partial charge in [-0.2, -0.15) is 0 Å². The second-order valence-electron chi connectivity index (χ2n) is 11.8. The first-order valence-electron chi connectivity index (χ1n) is 16.2. The molecule has 0 radical (unpaired) electrons. The van der Waals surface area contributed by atoms with Gasteiger partial charge in [0.1, 0.15) is 0 Å². The molecule has 0 unspecified atom stereocenters. The average Bonchev–Trinajstić information content (AvgIpc) is 4.02. The Bertz CT molecular complexity index is 2190. The zero-order valence-corrected chi connectivity index (χ0v) is 28.6. The molecule has 2 aliphatic heterocycles. The third-order valence-corrected chi connectivity index (χ3v) is 8.86. The molecule has 0 atom stereocenters. The van der Waals surface area contributed by atoms with Crippen molar-refractivity contribution in [3.8, 4) is 44.5 Å². The average molecular weight is 703 g/mol. The summed E-state index contributed by atoms with van der Waals surface area (Å²) in [5, 5.41) is 0. The minimum absolute atomic E-state index is 0.861. The van der Waals surface area contributed by atoms with E-state index in [1.54, 1.807) is 0 Å². The molecule has 3 aromatic heterocycles. The Kier molecular flexibility index (Phi) is 8.85. The van der Waals surface area contributed by atoms with Crippen LogP contribution in [0.4, 0.5) is 0 Å². The standard InChI is InChI=1S/C44H28N4.ClH.Mn/c1-5-13-29(14-6-1)41-33-21-23-35(45-33)42(30-15-7-2-8-16-30)37-25-27-39(47-37)44(32-19-11-4-12-20-32)40-28-26-38(48-40)43(31-17-9-3-10-18-31)36-24-22-34(41)46-36;;/h1-28H;1H;/q-2;;+2/p-1. The molecule has 0 saturated carbocycles. The predicted octanol–water partition coefficient (Wildman–Crippen LogP) is 11.3. The molecule has 0 N–H and O–H groups in total. The van der Waals surface area contributed by atoms with Gasteiger partial charge in [-0.25, -0.2) is 9.97 Å². The molecule has 0 fully saturated rings. The van der Waals surface area contributed by atoms with E-state index in [1.165, 1.54) is 0 Å². The van der Waals surface area contributed by atoms with Crippen LogP contribution in [0.2, 0.25) is 0 Å². The van der Waals surface area contributed by atoms with E-state index in [4.69, 9.17) is 19.9 Å². The number of benzene rings is 4. The van der Waals surface area contributed by atoms with Crippen LogP contribution in [0.5, 0.6) is 0 Å². The van der Waals surface area contributed by atoms with E-state index in [0.29, 0.717) is 0 Å². The monoisotopic (exact) mass is 702 g/mol. The quantitative estimate of drug-likeness (QED) is 0.171. The Labute approximate surface area is 303 Å². The maximum atomic E-state index is 5.31. The fourth-order valence-electron chi connectivity index (χ4n) is 6.69. The fourth-order valence-corrected chi connectivity index (χ4v) is 6.69. The van der Waals surface area contributed by atoms with E-state index in [1.807, 2.05) is 24.3 Å². The number of rotatable bonds is 4. The summed E-state index contributed by atoms with van der Waals surface area (Å²) in [5.74, 6) is 0. The van der Waals surface area contributed by atoms with Crippen LogP contribution < -0.4 is 9.97 Å². The van der Waals surface area contributed by atoms with Gasteiger partial charge in [0.15, 0.2) is 0 Å². The Morgan fingerprint density at radius 2 is 0.540 bits per heavy atom. The summed E-state index contributed by atoms with van der Waals surface area (Å²) in [6, 6.07) is 50.0. The van der Waals surface area contributed by atoms with Gasteiger partial charge in [0, 0.05) is 0 Å². The zero-order chi connectivity index (χ0) is 33.9. The molecule has 4 aromatic carbocycles. The van der Waals surface area contributed by atoms with E-state index >= 15 is 0 Å². The third-order valence-electron chi connectivity index (χ3n) is 8.86. The molecule has 7 aromatic rings. The van der Waals surface area contributed by atoms with Crippen LogP contribution >= 0.6 is 10.1 Å². The van der Waals surface area contributed by atoms with E-state index in [2.05, 4.69) is 171 Å². The van der Waals surface area contributed by atoms with Crippen molar-refractivity contribution in [2.75, 3.05) is 0 Å². The van der Waals surface area contributed by atoms with Crippen LogP contribution in [0, 0.1) is 0 Å². The molecule has 8 bridgehead atoms. The molecule has 6 heteroatoms. The van der Waals surface area contributed by atoms with E-state index in [-0.39, 0.29) is 0 Å². The molecule has 4 nitrogen and oxygen atoms in total. The SMILES string of the molecule is C1=Cc2nc1c(-c1ccccc1)c1ccc([n-]1)c(-c1ccccc1)c1nc(c(-c3ccccc3)c3ccc([n-]3)c2-c2ccccc2)C=C1.[Cl][Mn+]. The Morgan fingerprint density at radius 3 is 0.760 bits per heavy atom. The first kappa shape index (κ1) is 31.6. The van der Waals surface area contributed by atoms with Crippen LogP contribution in [-0.4, -0.2) is 9.97 Å². The number of halogens is 1. The van der Waals surface area contributed by atoms with E-state index in [9.17, 15) is 0 Å². The number of hydrogen-bond donors (Lipinski definition) is 0. The third kappa shape index (κ3) is 5.93. The molecule has 239 valence electrons. The van der Waals surface area contributed by atoms with Crippen LogP contribution in [0.3, 0.4) is 0 Å². The van der Waals surface area contributed by atoms with E-state index < -0.39 is 0 Å². The van der Waals surface area contributed by atoms with Gasteiger partial charge in [-0.15, -0.1) is 22.1 Å². The zero-order valence-electron chi connectivity index (χ0n) is 26.7. The molecular weight excluding hydrogens is 675 g/mol. The molecule has 2 aliphatic rings. The van der Waals surface area contributed by atoms with Gasteiger partial charge in [-0.3, -0.25) is 0 Å². The van der Waals surface area contributed by atoms with Gasteiger partial charge in [0.2, 0.25) is 0 Å². The summed E-state index contributed by atoms with van der Waals surface area (Å²) < 4.78 is 0. The Morgan fingerprint density at radius 1 is 0.320 bits per heavy atom. The summed E-state index contributed by atoms with van der Waals surface area (Å²) in [6.07, 6.45) is 8.41. The Hall–Kier alpha value is -5.71. The summed E-state index contributed by atoms with van der Waals surface area (Å²) >= 11 is 2.41. The van der Waals surface area contributed by atoms with Crippen molar-refractivity contribution in [3.05, 3.63) is 168 Å². The molecule has 0 amide bonds. The van der Waals surface area contributed by atoms with Gasteiger partial charge in [-0.05, 0) is 68.8 Å². The second kappa shape index (κ2) is 14.0. The van der Waals surface area contributed by atoms with Crippen LogP contribution in [-0.2, 0) is 15.1 Å². The molecule has 5 heterocycles. The predicted molar refractivity (Wildman–Crippen MR) is 204 cm³/mol. The number of fused-ring (bicyclic) bond motifs is 8. The molecule has 9 rings (SSSR count). The van der Waals surface area contributed by atoms with Gasteiger partial charge in [0.05, 0.1) is 22.8 Å². The van der Waals surface area contributed by atoms with Gasteiger partial charge in [0.25, 0.3) is 0 Å². The van der Waals surface area contributed by atoms with Crippen LogP contribution in [0.25, 0.3) is 90.9 Å². The number of hydrogen-bond acceptors (Lipinski definition) is 2. The van der Waals surface area contributed by atoms with Gasteiger partial charge < -0.3 is 9.97 Å². The van der Waals surface area contributed by atoms with Crippen molar-refractivity contribution in [1.29, 1.82) is 0 Å². The Balaban J connectivity index is 0.00000177. The summed E-state index contributed by atoms with van der Waals surface area (Å²) in [7, 11) is 4.45. The first-order chi connectivity index (χ1) is 24.8. The van der Waals surface area contributed by atoms with Gasteiger partial charge in [-0.1, -0.05) is 146 Å². The molecule has 0 saturated heterocycles. The fraction of sp³-hybridized carbons (Fsp3) is 0. The normalized spacial score (nSPS) is 11.6. The van der Waals surface area contributed by atoms with Gasteiger partial charge >= 0.3 is 25.2 Å². The van der Waals surface area contributed by atoms with Crippen LogP contribution in [0.15, 0.2) is 146 Å². The summed E-state index contributed by atoms with van der Waals surface area (Å²) in [4.78, 5) is 21.2. The first-order valence-corrected chi connectivity index (χ1v) is 17.8. The molecule has 0 spiro atoms. The van der Waals surface area contributed by atoms with E-state index in [0.717, 1.165) is 89.4 Å². The van der Waals surface area contributed by atoms with Crippen molar-refractivity contribution >= 4 is 56.5 Å². The second-order valence-corrected chi connectivity index (χ2v) is 11.8. The van der Waals surface area contributed by atoms with Crippen molar-refractivity contribution in [2.24, 2.45) is 0 Å². The maximum absolute atomic E-state index is 5.31. The number of nitrogens with zero attached hydrogens (tertiary/aromatic N) is 4. The van der Waals surface area contributed by atoms with Crippen molar-refractivity contribution in [1.82, 2.24) is 19.9 Å². The summed E-state index contributed by atoms with van der Waals surface area (Å²) in [6.45, 7) is 0. The molecular formula is C44H28ClMnN4-. The van der Waals surface area contributed by atoms with Crippen molar-refractivity contribution < 1.29 is 15.1 Å². The van der Waals surface area contributed by atoms with Crippen molar-refractivity contribution in [2.45, 2.75) is 0 Å². The van der Waals surface area contributed by atoms with Crippen molar-refractivity contribution in [3.63, 3.8) is 0 Å². The van der Waals surface area contributed by atoms with Crippen LogP contribution in [0.1, 0.15) is 22.8 Å². The minimum atomic E-state index is 0.861. The summed E-state index contributed by atoms with van der Waals surface area (Å²) in [5.41, 5.74) is 15.0.